The number of nitrogens with zero attached hydrogens (tertiary/aromatic N) is 3. The van der Waals surface area contributed by atoms with Crippen LogP contribution >= 0.6 is 0 Å². The van der Waals surface area contributed by atoms with Gasteiger partial charge in [0.2, 0.25) is 0 Å². The summed E-state index contributed by atoms with van der Waals surface area (Å²) in [5.74, 6) is -0.284. The lowest BCUT2D eigenvalue weighted by atomic mass is 10.1. The van der Waals surface area contributed by atoms with Crippen molar-refractivity contribution in [3.8, 4) is 0 Å². The fourth-order valence-corrected chi connectivity index (χ4v) is 4.11. The summed E-state index contributed by atoms with van der Waals surface area (Å²) in [5, 5.41) is -0.0799. The smallest absolute Gasteiger partial charge is 0.386 e. The minimum atomic E-state index is -5.31. The maximum Gasteiger partial charge on any atom is 0.491 e. The lowest BCUT2D eigenvalue weighted by Crippen LogP contribution is -2.44. The average molecular weight is 458 g/mol. The minimum Gasteiger partial charge on any atom is -0.386 e. The number of nitrogen functional groups attached to an aromatic ring is 1. The van der Waals surface area contributed by atoms with Crippen LogP contribution in [0.3, 0.4) is 0 Å². The fourth-order valence-electron chi connectivity index (χ4n) is 4.11. The maximum atomic E-state index is 15.1. The quantitative estimate of drug-likeness (QED) is 0.317. The van der Waals surface area contributed by atoms with Crippen LogP contribution in [0.2, 0.25) is 0 Å². The van der Waals surface area contributed by atoms with Crippen LogP contribution in [0, 0.1) is 18.7 Å². The lowest BCUT2D eigenvalue weighted by Gasteiger charge is -2.24. The second-order valence-electron chi connectivity index (χ2n) is 7.92. The van der Waals surface area contributed by atoms with Gasteiger partial charge >= 0.3 is 23.8 Å². The van der Waals surface area contributed by atoms with E-state index in [0.717, 1.165) is 6.07 Å². The summed E-state index contributed by atoms with van der Waals surface area (Å²) >= 11 is 0. The first-order valence-electron chi connectivity index (χ1n) is 9.75. The van der Waals surface area contributed by atoms with Crippen LogP contribution in [-0.4, -0.2) is 40.4 Å². The molecule has 2 heterocycles. The van der Waals surface area contributed by atoms with Crippen molar-refractivity contribution in [2.45, 2.75) is 38.4 Å². The Labute approximate surface area is 176 Å². The minimum absolute atomic E-state index is 0.0120. The summed E-state index contributed by atoms with van der Waals surface area (Å²) in [4.78, 5) is 49.4. The number of halogens is 4. The summed E-state index contributed by atoms with van der Waals surface area (Å²) in [6, 6.07) is 0.771. The van der Waals surface area contributed by atoms with Gasteiger partial charge in [-0.15, -0.1) is 0 Å². The fraction of sp³-hybridized carbons (Fsp3) is 0.474. The van der Waals surface area contributed by atoms with Gasteiger partial charge in [0, 0.05) is 24.7 Å². The average Bonchev–Trinajstić information content (AvgIpc) is 3.43. The van der Waals surface area contributed by atoms with E-state index in [9.17, 15) is 32.3 Å². The van der Waals surface area contributed by atoms with Crippen LogP contribution < -0.4 is 22.0 Å². The van der Waals surface area contributed by atoms with Crippen LogP contribution in [0.25, 0.3) is 10.9 Å². The van der Waals surface area contributed by atoms with Gasteiger partial charge in [-0.3, -0.25) is 14.2 Å². The predicted octanol–water partition coefficient (Wildman–Crippen LogP) is 1.12. The van der Waals surface area contributed by atoms with Gasteiger partial charge in [0.25, 0.3) is 5.56 Å². The van der Waals surface area contributed by atoms with Crippen molar-refractivity contribution >= 4 is 28.5 Å². The van der Waals surface area contributed by atoms with Gasteiger partial charge in [-0.2, -0.15) is 17.8 Å². The van der Waals surface area contributed by atoms with Crippen molar-refractivity contribution in [1.29, 1.82) is 0 Å². The summed E-state index contributed by atoms with van der Waals surface area (Å²) in [5.41, 5.74) is -1.10. The molecular formula is C19H18F4N4O5. The number of esters is 2. The Hall–Kier alpha value is -3.38. The first kappa shape index (κ1) is 21.8. The van der Waals surface area contributed by atoms with Gasteiger partial charge in [-0.25, -0.2) is 14.0 Å². The second-order valence-corrected chi connectivity index (χ2v) is 7.92. The zero-order valence-electron chi connectivity index (χ0n) is 16.7. The van der Waals surface area contributed by atoms with Crippen molar-refractivity contribution in [3.05, 3.63) is 38.3 Å². The molecular weight excluding hydrogens is 440 g/mol. The summed E-state index contributed by atoms with van der Waals surface area (Å²) < 4.78 is 57.7. The maximum absolute atomic E-state index is 15.1. The number of rotatable bonds is 3. The topological polar surface area (TPSA) is 117 Å². The monoisotopic (exact) mass is 458 g/mol. The highest BCUT2D eigenvalue weighted by Gasteiger charge is 2.44. The Balaban J connectivity index is 1.72. The van der Waals surface area contributed by atoms with E-state index in [-0.39, 0.29) is 47.7 Å². The molecule has 1 aromatic carbocycles. The molecule has 2 fully saturated rings. The molecule has 13 heteroatoms. The molecule has 0 radical (unpaired) electrons. The molecule has 32 heavy (non-hydrogen) atoms. The van der Waals surface area contributed by atoms with Crippen molar-refractivity contribution in [1.82, 2.24) is 9.24 Å². The third-order valence-corrected chi connectivity index (χ3v) is 5.74. The van der Waals surface area contributed by atoms with E-state index < -0.39 is 41.1 Å². The molecule has 1 aromatic heterocycles. The number of fused-ring (bicyclic) bond motifs is 1. The largest absolute Gasteiger partial charge is 0.491 e. The molecule has 1 aliphatic carbocycles. The molecule has 1 atom stereocenters. The van der Waals surface area contributed by atoms with E-state index in [4.69, 9.17) is 5.84 Å². The molecule has 1 saturated heterocycles. The number of aryl methyl sites for hydroxylation is 1. The number of carbonyl (C=O) groups is 2. The number of nitrogens with two attached hydrogens (primary N) is 1. The van der Waals surface area contributed by atoms with E-state index >= 15 is 4.39 Å². The second kappa shape index (κ2) is 7.35. The van der Waals surface area contributed by atoms with Crippen LogP contribution in [0.4, 0.5) is 23.2 Å². The molecule has 0 amide bonds. The number of aromatic nitrogens is 2. The molecule has 2 aliphatic rings. The summed E-state index contributed by atoms with van der Waals surface area (Å²) in [6.45, 7) is 1.40. The number of alkyl halides is 3. The first-order valence-corrected chi connectivity index (χ1v) is 9.75. The van der Waals surface area contributed by atoms with Crippen molar-refractivity contribution < 1.29 is 31.9 Å². The number of carbonyl (C=O) groups excluding carboxylic acids is 2. The molecule has 1 unspecified atom stereocenters. The Kier molecular flexibility index (Phi) is 5.01. The number of ether oxygens (including phenoxy) is 1. The summed E-state index contributed by atoms with van der Waals surface area (Å²) in [7, 11) is 0. The van der Waals surface area contributed by atoms with Gasteiger partial charge in [0.1, 0.15) is 5.82 Å². The Morgan fingerprint density at radius 3 is 2.44 bits per heavy atom. The highest BCUT2D eigenvalue weighted by atomic mass is 19.4. The highest BCUT2D eigenvalue weighted by Crippen LogP contribution is 2.39. The zero-order valence-corrected chi connectivity index (χ0v) is 16.7. The molecule has 2 N–H and O–H groups in total. The molecule has 1 saturated carbocycles. The van der Waals surface area contributed by atoms with E-state index in [1.54, 1.807) is 0 Å². The number of anilines is 1. The number of hydrogen-bond donors (Lipinski definition) is 1. The molecule has 0 bridgehead atoms. The lowest BCUT2D eigenvalue weighted by molar-refractivity contribution is -0.202. The van der Waals surface area contributed by atoms with Crippen LogP contribution in [-0.2, 0) is 14.3 Å². The van der Waals surface area contributed by atoms with Gasteiger partial charge in [0.05, 0.1) is 22.5 Å². The Bertz CT molecular complexity index is 1260. The SMILES string of the molecule is Cc1c(N2CCC(C(=O)OC(=O)C(F)(F)F)C2)c(F)cc2c(=O)n(N)c(=O)n(C3CC3)c12. The van der Waals surface area contributed by atoms with E-state index in [1.807, 2.05) is 0 Å². The zero-order chi connectivity index (χ0) is 23.5. The van der Waals surface area contributed by atoms with Crippen LogP contribution in [0.15, 0.2) is 15.7 Å². The van der Waals surface area contributed by atoms with Crippen LogP contribution in [0.5, 0.6) is 0 Å². The normalized spacial score (nSPS) is 18.9. The highest BCUT2D eigenvalue weighted by molar-refractivity contribution is 5.91. The Morgan fingerprint density at radius 2 is 1.84 bits per heavy atom. The third kappa shape index (κ3) is 3.50. The summed E-state index contributed by atoms with van der Waals surface area (Å²) in [6.07, 6.45) is -3.91. The van der Waals surface area contributed by atoms with Gasteiger partial charge in [0.15, 0.2) is 0 Å². The predicted molar refractivity (Wildman–Crippen MR) is 103 cm³/mol. The van der Waals surface area contributed by atoms with Crippen LogP contribution in [0.1, 0.15) is 30.9 Å². The number of hydrogen-bond acceptors (Lipinski definition) is 7. The van der Waals surface area contributed by atoms with Crippen molar-refractivity contribution in [3.63, 3.8) is 0 Å². The molecule has 172 valence electrons. The number of benzene rings is 1. The van der Waals surface area contributed by atoms with Gasteiger partial charge < -0.3 is 15.5 Å². The Morgan fingerprint density at radius 1 is 1.19 bits per heavy atom. The van der Waals surface area contributed by atoms with Gasteiger partial charge in [-0.05, 0) is 32.3 Å². The molecule has 2 aromatic rings. The van der Waals surface area contributed by atoms with E-state index in [2.05, 4.69) is 4.74 Å². The molecule has 1 aliphatic heterocycles. The van der Waals surface area contributed by atoms with Gasteiger partial charge in [-0.1, -0.05) is 0 Å². The van der Waals surface area contributed by atoms with E-state index in [0.29, 0.717) is 17.5 Å². The van der Waals surface area contributed by atoms with Crippen molar-refractivity contribution in [2.24, 2.45) is 5.92 Å². The first-order chi connectivity index (χ1) is 14.9. The molecule has 0 spiro atoms. The van der Waals surface area contributed by atoms with E-state index in [1.165, 1.54) is 16.4 Å². The molecule has 9 nitrogen and oxygen atoms in total. The van der Waals surface area contributed by atoms with Crippen molar-refractivity contribution in [2.75, 3.05) is 23.8 Å². The molecule has 4 rings (SSSR count). The third-order valence-electron chi connectivity index (χ3n) is 5.74. The standard InChI is InChI=1S/C19H18F4N4O5/c1-8-13-11(15(28)27(24)18(31)26(13)10-2-3-10)6-12(20)14(8)25-5-4-9(7-25)16(29)32-17(30)19(21,22)23/h6,9-10H,2-5,7,24H2,1H3.